The Morgan fingerprint density at radius 3 is 2.25 bits per heavy atom. The second kappa shape index (κ2) is 16.0. The largest absolute Gasteiger partial charge is 0.507 e. The van der Waals surface area contributed by atoms with E-state index in [1.165, 1.54) is 6.07 Å². The average molecular weight is 798 g/mol. The molecule has 16 N–H and O–H groups in total. The quantitative estimate of drug-likeness (QED) is 0.0205. The number of aliphatic hydroxyl groups is 8. The Hall–Kier alpha value is -5.34. The van der Waals surface area contributed by atoms with Crippen LogP contribution in [-0.2, 0) is 30.2 Å². The van der Waals surface area contributed by atoms with Crippen LogP contribution in [0.15, 0.2) is 44.5 Å². The fourth-order valence-corrected chi connectivity index (χ4v) is 6.18. The van der Waals surface area contributed by atoms with E-state index in [-0.39, 0.29) is 53.2 Å². The molecule has 0 bridgehead atoms. The first-order chi connectivity index (χ1) is 26.2. The van der Waals surface area contributed by atoms with E-state index in [1.807, 2.05) is 0 Å². The van der Waals surface area contributed by atoms with E-state index in [4.69, 9.17) is 34.8 Å². The zero-order chi connectivity index (χ0) is 41.4. The van der Waals surface area contributed by atoms with Gasteiger partial charge in [-0.2, -0.15) is 0 Å². The molecule has 2 aliphatic heterocycles. The number of aliphatic imine (C=N–C) groups is 1. The summed E-state index contributed by atoms with van der Waals surface area (Å²) in [5.74, 6) is -13.2. The van der Waals surface area contributed by atoms with Crippen molar-refractivity contribution in [3.8, 4) is 34.3 Å². The molecule has 3 aromatic rings. The van der Waals surface area contributed by atoms with Gasteiger partial charge < -0.3 is 96.1 Å². The Labute approximate surface area is 313 Å². The number of aromatic hydroxyl groups is 3. The Bertz CT molecular complexity index is 2050. The van der Waals surface area contributed by atoms with Gasteiger partial charge in [0.1, 0.15) is 52.6 Å². The molecule has 3 heterocycles. The fourth-order valence-electron chi connectivity index (χ4n) is 6.18. The highest BCUT2D eigenvalue weighted by atomic mass is 16.8. The van der Waals surface area contributed by atoms with E-state index >= 15 is 0 Å². The zero-order valence-corrected chi connectivity index (χ0v) is 28.8. The molecule has 56 heavy (non-hydrogen) atoms. The van der Waals surface area contributed by atoms with Gasteiger partial charge in [-0.1, -0.05) is 0 Å². The third-order valence-corrected chi connectivity index (χ3v) is 9.04. The molecule has 1 aromatic heterocycles. The van der Waals surface area contributed by atoms with Gasteiger partial charge in [0.05, 0.1) is 0 Å². The van der Waals surface area contributed by atoms with Crippen LogP contribution in [0, 0.1) is 0 Å². The van der Waals surface area contributed by atoms with Crippen molar-refractivity contribution in [3.05, 3.63) is 46.1 Å². The highest BCUT2D eigenvalue weighted by molar-refractivity contribution is 5.86. The predicted octanol–water partition coefficient (Wildman–Crippen LogP) is -4.52. The van der Waals surface area contributed by atoms with Crippen molar-refractivity contribution in [2.24, 2.45) is 16.5 Å². The number of ether oxygens (including phenoxy) is 4. The van der Waals surface area contributed by atoms with E-state index in [9.17, 15) is 75.7 Å². The summed E-state index contributed by atoms with van der Waals surface area (Å²) in [7, 11) is 0. The number of phenols is 3. The Kier molecular flexibility index (Phi) is 12.0. The van der Waals surface area contributed by atoms with Crippen LogP contribution >= 0.6 is 0 Å². The van der Waals surface area contributed by atoms with Gasteiger partial charge in [0.25, 0.3) is 0 Å². The lowest BCUT2D eigenvalue weighted by molar-refractivity contribution is -0.411. The van der Waals surface area contributed by atoms with Gasteiger partial charge in [-0.25, -0.2) is 9.59 Å². The van der Waals surface area contributed by atoms with Crippen LogP contribution in [0.25, 0.3) is 22.3 Å². The Morgan fingerprint density at radius 1 is 0.911 bits per heavy atom. The summed E-state index contributed by atoms with van der Waals surface area (Å²) in [5.41, 5.74) is 9.64. The molecule has 306 valence electrons. The smallest absolute Gasteiger partial charge is 0.340 e. The topological polar surface area (TPSA) is 408 Å². The summed E-state index contributed by atoms with van der Waals surface area (Å²) >= 11 is 0. The van der Waals surface area contributed by atoms with Gasteiger partial charge in [-0.15, -0.1) is 0 Å². The number of phenolic OH excluding ortho intramolecular Hbond substituents is 3. The number of nitrogens with two attached hydrogens (primary N) is 2. The van der Waals surface area contributed by atoms with E-state index in [0.29, 0.717) is 0 Å². The molecule has 2 aromatic carbocycles. The summed E-state index contributed by atoms with van der Waals surface area (Å²) in [4.78, 5) is 42.2. The third kappa shape index (κ3) is 7.98. The number of esters is 1. The molecule has 2 fully saturated rings. The SMILES string of the molecule is NC(N)=NCCC[C@]1(OC(=O)[C@H]2O[C@H](Oc3cc(O)c4c(=O)cc(-c5cc(O)c(O)c(CCO)c5)oc4c3)[C@H](O)[C@@H](O)[C@@H]2O)O[C@H](C(=O)O)C(O)(O)[C@H](O)[C@H]1O. The molecular weight excluding hydrogens is 758 g/mol. The molecule has 2 aliphatic rings. The maximum Gasteiger partial charge on any atom is 0.340 e. The van der Waals surface area contributed by atoms with Crippen LogP contribution in [0.5, 0.6) is 23.0 Å². The molecule has 0 saturated carbocycles. The number of hydrogen-bond donors (Lipinski definition) is 14. The minimum atomic E-state index is -3.62. The van der Waals surface area contributed by atoms with Crippen molar-refractivity contribution in [2.45, 2.75) is 79.9 Å². The first-order valence-corrected chi connectivity index (χ1v) is 16.5. The molecule has 23 heteroatoms. The van der Waals surface area contributed by atoms with Crippen LogP contribution < -0.4 is 21.6 Å². The van der Waals surface area contributed by atoms with Gasteiger partial charge >= 0.3 is 11.9 Å². The lowest BCUT2D eigenvalue weighted by atomic mass is 9.87. The lowest BCUT2D eigenvalue weighted by Gasteiger charge is -2.50. The van der Waals surface area contributed by atoms with Crippen LogP contribution in [0.1, 0.15) is 18.4 Å². The van der Waals surface area contributed by atoms with Crippen molar-refractivity contribution in [3.63, 3.8) is 0 Å². The summed E-state index contributed by atoms with van der Waals surface area (Å²) < 4.78 is 27.3. The number of aliphatic hydroxyl groups excluding tert-OH is 6. The summed E-state index contributed by atoms with van der Waals surface area (Å²) in [6.07, 6.45) is -20.4. The molecule has 0 aliphatic carbocycles. The molecule has 2 saturated heterocycles. The zero-order valence-electron chi connectivity index (χ0n) is 28.8. The monoisotopic (exact) mass is 797 g/mol. The first kappa shape index (κ1) is 41.8. The fraction of sp³-hybridized carbons (Fsp3) is 0.455. The van der Waals surface area contributed by atoms with Gasteiger partial charge in [-0.3, -0.25) is 9.79 Å². The van der Waals surface area contributed by atoms with Crippen molar-refractivity contribution in [1.29, 1.82) is 0 Å². The number of guanidine groups is 1. The van der Waals surface area contributed by atoms with Crippen molar-refractivity contribution in [2.75, 3.05) is 13.2 Å². The second-order valence-corrected chi connectivity index (χ2v) is 12.9. The van der Waals surface area contributed by atoms with E-state index in [1.54, 1.807) is 0 Å². The highest BCUT2D eigenvalue weighted by Crippen LogP contribution is 2.41. The highest BCUT2D eigenvalue weighted by Gasteiger charge is 2.65. The molecule has 0 radical (unpaired) electrons. The van der Waals surface area contributed by atoms with Crippen molar-refractivity contribution < 1.29 is 94.2 Å². The third-order valence-electron chi connectivity index (χ3n) is 9.04. The van der Waals surface area contributed by atoms with Crippen LogP contribution in [-0.4, -0.2) is 153 Å². The Balaban J connectivity index is 1.45. The van der Waals surface area contributed by atoms with Gasteiger partial charge in [0, 0.05) is 48.9 Å². The lowest BCUT2D eigenvalue weighted by Crippen LogP contribution is -2.73. The predicted molar refractivity (Wildman–Crippen MR) is 181 cm³/mol. The second-order valence-electron chi connectivity index (χ2n) is 12.9. The van der Waals surface area contributed by atoms with E-state index in [2.05, 4.69) is 4.99 Å². The number of carbonyl (C=O) groups is 2. The minimum Gasteiger partial charge on any atom is -0.507 e. The van der Waals surface area contributed by atoms with Gasteiger partial charge in [0.15, 0.2) is 35.1 Å². The number of aliphatic carboxylic acids is 1. The molecule has 9 atom stereocenters. The molecule has 0 unspecified atom stereocenters. The summed E-state index contributed by atoms with van der Waals surface area (Å²) in [6.45, 7) is -0.646. The van der Waals surface area contributed by atoms with Gasteiger partial charge in [-0.05, 0) is 25.0 Å². The van der Waals surface area contributed by atoms with Crippen LogP contribution in [0.2, 0.25) is 0 Å². The standard InChI is InChI=1S/C33H39N3O20/c34-31(35)36-4-1-3-32(25(45)26(46)33(50,51)27(55-32)28(47)48)56-29(49)24-22(43)21(42)23(44)30(54-24)52-13-8-14(38)19-15(39)10-17(53-18(19)9-13)12-6-11(2-5-37)20(41)16(40)7-12/h6-10,21-27,30,37-38,40-46,50-51H,1-5H2,(H,47,48)(H4,34,35,36)/t21-,22-,23+,24-,25+,26+,27+,30-,32+/m0/s1. The molecule has 23 nitrogen and oxygen atoms in total. The van der Waals surface area contributed by atoms with E-state index < -0.39 is 114 Å². The van der Waals surface area contributed by atoms with Crippen LogP contribution in [0.4, 0.5) is 0 Å². The summed E-state index contributed by atoms with van der Waals surface area (Å²) in [6, 6.07) is 5.25. The number of benzene rings is 2. The number of nitrogens with zero attached hydrogens (tertiary/aromatic N) is 1. The van der Waals surface area contributed by atoms with Gasteiger partial charge in [0.2, 0.25) is 24.0 Å². The van der Waals surface area contributed by atoms with Crippen molar-refractivity contribution >= 4 is 28.9 Å². The molecular formula is C33H39N3O20. The minimum absolute atomic E-state index is 0.0741. The normalized spacial score (nSPS) is 28.7. The molecule has 5 rings (SSSR count). The summed E-state index contributed by atoms with van der Waals surface area (Å²) in [5, 5.41) is 124. The average Bonchev–Trinajstić information content (AvgIpc) is 3.12. The molecule has 0 spiro atoms. The number of carbonyl (C=O) groups excluding carboxylic acids is 1. The van der Waals surface area contributed by atoms with Crippen LogP contribution in [0.3, 0.4) is 0 Å². The number of fused-ring (bicyclic) bond motifs is 1. The maximum absolute atomic E-state index is 13.6. The Morgan fingerprint density at radius 2 is 1.61 bits per heavy atom. The number of hydrogen-bond acceptors (Lipinski definition) is 20. The number of carboxylic acid groups (broad SMARTS) is 1. The van der Waals surface area contributed by atoms with Crippen molar-refractivity contribution in [1.82, 2.24) is 0 Å². The number of rotatable bonds is 12. The maximum atomic E-state index is 13.6. The molecule has 0 amide bonds. The van der Waals surface area contributed by atoms with E-state index in [0.717, 1.165) is 24.3 Å². The first-order valence-electron chi connectivity index (χ1n) is 16.5. The number of carboxylic acids is 1.